The summed E-state index contributed by atoms with van der Waals surface area (Å²) in [5.41, 5.74) is 2.15. The van der Waals surface area contributed by atoms with Crippen LogP contribution < -0.4 is 22.5 Å². The highest BCUT2D eigenvalue weighted by Crippen LogP contribution is 2.07. The third kappa shape index (κ3) is 3.03. The molecule has 1 amide bonds. The quantitative estimate of drug-likeness (QED) is 0.414. The highest BCUT2D eigenvalue weighted by molar-refractivity contribution is 9.10. The van der Waals surface area contributed by atoms with Crippen molar-refractivity contribution in [3.05, 3.63) is 66.9 Å². The van der Waals surface area contributed by atoms with Crippen molar-refractivity contribution < 1.29 is 4.79 Å². The predicted octanol–water partition coefficient (Wildman–Crippen LogP) is -0.0491. The first-order valence-corrected chi connectivity index (χ1v) is 6.39. The van der Waals surface area contributed by atoms with E-state index in [0.29, 0.717) is 5.56 Å². The molecule has 0 aliphatic heterocycles. The van der Waals surface area contributed by atoms with Crippen LogP contribution in [0.25, 0.3) is 0 Å². The van der Waals surface area contributed by atoms with Crippen LogP contribution in [0.5, 0.6) is 0 Å². The van der Waals surface area contributed by atoms with E-state index < -0.39 is 17.2 Å². The van der Waals surface area contributed by atoms with Crippen molar-refractivity contribution in [3.8, 4) is 0 Å². The summed E-state index contributed by atoms with van der Waals surface area (Å²) in [6.07, 6.45) is 1.40. The lowest BCUT2D eigenvalue weighted by atomic mass is 10.1. The van der Waals surface area contributed by atoms with Gasteiger partial charge in [-0.3, -0.25) is 24.6 Å². The lowest BCUT2D eigenvalue weighted by Crippen LogP contribution is -2.31. The molecule has 0 radical (unpaired) electrons. The Kier molecular flexibility index (Phi) is 4.16. The normalized spacial score (nSPS) is 10.3. The highest BCUT2D eigenvalue weighted by atomic mass is 79.9. The Bertz CT molecular complexity index is 766. The van der Waals surface area contributed by atoms with Gasteiger partial charge in [0.05, 0.1) is 11.0 Å². The van der Waals surface area contributed by atoms with Gasteiger partial charge in [0.25, 0.3) is 11.5 Å². The van der Waals surface area contributed by atoms with E-state index in [1.54, 1.807) is 24.3 Å². The van der Waals surface area contributed by atoms with Gasteiger partial charge in [-0.2, -0.15) is 0 Å². The molecule has 0 aliphatic rings. The summed E-state index contributed by atoms with van der Waals surface area (Å²) < 4.78 is 1.58. The molecule has 20 heavy (non-hydrogen) atoms. The highest BCUT2D eigenvalue weighted by Gasteiger charge is 2.06. The molecule has 0 bridgehead atoms. The van der Waals surface area contributed by atoms with Gasteiger partial charge in [0.2, 0.25) is 0 Å². The molecule has 0 unspecified atom stereocenters. The van der Waals surface area contributed by atoms with Gasteiger partial charge in [0.15, 0.2) is 0 Å². The van der Waals surface area contributed by atoms with Gasteiger partial charge in [0.1, 0.15) is 0 Å². The van der Waals surface area contributed by atoms with Crippen LogP contribution >= 0.6 is 15.9 Å². The van der Waals surface area contributed by atoms with E-state index in [4.69, 9.17) is 5.84 Å². The number of benzene rings is 1. The number of nitrogen functional groups attached to an aromatic ring is 1. The number of hydrogen-bond donors (Lipinski definition) is 3. The molecule has 0 spiro atoms. The molecular weight excluding hydrogens is 328 g/mol. The Balaban J connectivity index is 2.36. The summed E-state index contributed by atoms with van der Waals surface area (Å²) in [6, 6.07) is 6.68. The van der Waals surface area contributed by atoms with E-state index in [1.807, 2.05) is 5.43 Å². The van der Waals surface area contributed by atoms with Crippen molar-refractivity contribution in [1.82, 2.24) is 15.0 Å². The van der Waals surface area contributed by atoms with E-state index >= 15 is 0 Å². The summed E-state index contributed by atoms with van der Waals surface area (Å²) in [5, 5.41) is 0. The molecule has 2 aromatic rings. The molecule has 7 nitrogen and oxygen atoms in total. The molecule has 1 heterocycles. The number of carbonyl (C=O) groups excluding carboxylic acids is 1. The first-order chi connectivity index (χ1) is 9.51. The van der Waals surface area contributed by atoms with Gasteiger partial charge in [-0.05, 0) is 33.6 Å². The lowest BCUT2D eigenvalue weighted by molar-refractivity contribution is 0.0953. The molecule has 104 valence electrons. The smallest absolute Gasteiger partial charge is 0.295 e. The number of carbonyl (C=O) groups is 1. The van der Waals surface area contributed by atoms with Crippen molar-refractivity contribution in [2.75, 3.05) is 0 Å². The number of H-pyrrole nitrogens is 1. The number of halogens is 1. The number of rotatable bonds is 3. The van der Waals surface area contributed by atoms with Crippen molar-refractivity contribution in [1.29, 1.82) is 0 Å². The van der Waals surface area contributed by atoms with Gasteiger partial charge < -0.3 is 0 Å². The maximum atomic E-state index is 11.7. The maximum absolute atomic E-state index is 11.7. The fourth-order valence-electron chi connectivity index (χ4n) is 1.69. The van der Waals surface area contributed by atoms with Crippen molar-refractivity contribution in [2.24, 2.45) is 5.84 Å². The van der Waals surface area contributed by atoms with Gasteiger partial charge >= 0.3 is 5.69 Å². The Labute approximate surface area is 121 Å². The molecule has 2 rings (SSSR count). The minimum absolute atomic E-state index is 0.222. The molecule has 4 N–H and O–H groups in total. The molecule has 8 heteroatoms. The van der Waals surface area contributed by atoms with Crippen LogP contribution in [0.4, 0.5) is 0 Å². The minimum Gasteiger partial charge on any atom is -0.295 e. The first-order valence-electron chi connectivity index (χ1n) is 5.60. The number of nitrogens with one attached hydrogen (secondary N) is 2. The van der Waals surface area contributed by atoms with Crippen LogP contribution in [0.2, 0.25) is 0 Å². The molecule has 1 aromatic carbocycles. The standard InChI is InChI=1S/C12H11BrN4O3/c13-9-6-17(12(20)15-11(9)19)5-7-2-1-3-8(4-7)10(18)16-14/h1-4,6H,5,14H2,(H,16,18)(H,15,19,20). The second kappa shape index (κ2) is 5.85. The fourth-order valence-corrected chi connectivity index (χ4v) is 2.04. The third-order valence-corrected chi connectivity index (χ3v) is 3.21. The monoisotopic (exact) mass is 338 g/mol. The van der Waals surface area contributed by atoms with E-state index in [1.165, 1.54) is 10.8 Å². The molecule has 1 aromatic heterocycles. The van der Waals surface area contributed by atoms with Crippen LogP contribution in [0.15, 0.2) is 44.5 Å². The fraction of sp³-hybridized carbons (Fsp3) is 0.0833. The lowest BCUT2D eigenvalue weighted by Gasteiger charge is -2.07. The average Bonchev–Trinajstić information content (AvgIpc) is 2.44. The van der Waals surface area contributed by atoms with Gasteiger partial charge in [-0.25, -0.2) is 10.6 Å². The van der Waals surface area contributed by atoms with E-state index in [2.05, 4.69) is 20.9 Å². The van der Waals surface area contributed by atoms with Crippen LogP contribution in [-0.2, 0) is 6.54 Å². The Hall–Kier alpha value is -2.19. The molecular formula is C12H11BrN4O3. The second-order valence-electron chi connectivity index (χ2n) is 4.04. The number of hydrogen-bond acceptors (Lipinski definition) is 4. The summed E-state index contributed by atoms with van der Waals surface area (Å²) in [6.45, 7) is 0.222. The first kappa shape index (κ1) is 14.2. The Morgan fingerprint density at radius 2 is 2.15 bits per heavy atom. The van der Waals surface area contributed by atoms with Crippen molar-refractivity contribution in [2.45, 2.75) is 6.54 Å². The summed E-state index contributed by atoms with van der Waals surface area (Å²) in [5.74, 6) is 4.65. The van der Waals surface area contributed by atoms with E-state index in [0.717, 1.165) is 5.56 Å². The summed E-state index contributed by atoms with van der Waals surface area (Å²) >= 11 is 3.06. The predicted molar refractivity (Wildman–Crippen MR) is 76.2 cm³/mol. The topological polar surface area (TPSA) is 110 Å². The van der Waals surface area contributed by atoms with Crippen molar-refractivity contribution >= 4 is 21.8 Å². The van der Waals surface area contributed by atoms with Crippen LogP contribution in [0, 0.1) is 0 Å². The number of nitrogens with two attached hydrogens (primary N) is 1. The largest absolute Gasteiger partial charge is 0.328 e. The van der Waals surface area contributed by atoms with Gasteiger partial charge in [-0.1, -0.05) is 12.1 Å². The van der Waals surface area contributed by atoms with Crippen LogP contribution in [0.3, 0.4) is 0 Å². The Morgan fingerprint density at radius 1 is 1.40 bits per heavy atom. The zero-order valence-corrected chi connectivity index (χ0v) is 11.8. The zero-order valence-electron chi connectivity index (χ0n) is 10.2. The summed E-state index contributed by atoms with van der Waals surface area (Å²) in [7, 11) is 0. The van der Waals surface area contributed by atoms with Crippen LogP contribution in [0.1, 0.15) is 15.9 Å². The second-order valence-corrected chi connectivity index (χ2v) is 4.89. The van der Waals surface area contributed by atoms with Crippen molar-refractivity contribution in [3.63, 3.8) is 0 Å². The van der Waals surface area contributed by atoms with E-state index in [9.17, 15) is 14.4 Å². The molecule has 0 atom stereocenters. The minimum atomic E-state index is -0.521. The number of aromatic amines is 1. The molecule has 0 aliphatic carbocycles. The Morgan fingerprint density at radius 3 is 2.85 bits per heavy atom. The zero-order chi connectivity index (χ0) is 14.7. The maximum Gasteiger partial charge on any atom is 0.328 e. The summed E-state index contributed by atoms with van der Waals surface area (Å²) in [4.78, 5) is 36.5. The molecule has 0 fully saturated rings. The van der Waals surface area contributed by atoms with Gasteiger partial charge in [-0.15, -0.1) is 0 Å². The third-order valence-electron chi connectivity index (χ3n) is 2.64. The van der Waals surface area contributed by atoms with E-state index in [-0.39, 0.29) is 11.0 Å². The SMILES string of the molecule is NNC(=O)c1cccc(Cn2cc(Br)c(=O)[nH]c2=O)c1. The number of nitrogens with zero attached hydrogens (tertiary/aromatic N) is 1. The number of hydrazine groups is 1. The molecule has 0 saturated heterocycles. The average molecular weight is 339 g/mol. The van der Waals surface area contributed by atoms with Crippen LogP contribution in [-0.4, -0.2) is 15.5 Å². The number of amides is 1. The molecule has 0 saturated carbocycles. The number of aromatic nitrogens is 2. The van der Waals surface area contributed by atoms with Gasteiger partial charge in [0, 0.05) is 11.8 Å².